The van der Waals surface area contributed by atoms with Gasteiger partial charge in [0, 0.05) is 19.3 Å². The lowest BCUT2D eigenvalue weighted by Crippen LogP contribution is -2.30. The highest BCUT2D eigenvalue weighted by Crippen LogP contribution is 2.15. The lowest BCUT2D eigenvalue weighted by atomic mass is 10.0. The van der Waals surface area contributed by atoms with Crippen molar-refractivity contribution in [3.63, 3.8) is 0 Å². The van der Waals surface area contributed by atoms with E-state index in [4.69, 9.17) is 14.2 Å². The van der Waals surface area contributed by atoms with Crippen LogP contribution < -0.4 is 0 Å². The second-order valence-corrected chi connectivity index (χ2v) is 20.5. The van der Waals surface area contributed by atoms with Crippen LogP contribution in [0.15, 0.2) is 182 Å². The van der Waals surface area contributed by atoms with E-state index in [1.54, 1.807) is 0 Å². The fourth-order valence-corrected chi connectivity index (χ4v) is 8.20. The first-order valence-electron chi connectivity index (χ1n) is 32.3. The number of unbranched alkanes of at least 4 members (excludes halogenated alkanes) is 15. The zero-order valence-electron chi connectivity index (χ0n) is 51.7. The van der Waals surface area contributed by atoms with Crippen molar-refractivity contribution in [2.45, 2.75) is 258 Å². The fraction of sp³-hybridized carbons (Fsp3) is 0.560. The molecular formula is C75H116O6. The molecule has 0 N–H and O–H groups in total. The normalized spacial score (nSPS) is 13.4. The summed E-state index contributed by atoms with van der Waals surface area (Å²) in [7, 11) is 0. The summed E-state index contributed by atoms with van der Waals surface area (Å²) in [5.41, 5.74) is 0. The van der Waals surface area contributed by atoms with Crippen molar-refractivity contribution >= 4 is 17.9 Å². The van der Waals surface area contributed by atoms with Gasteiger partial charge in [-0.1, -0.05) is 280 Å². The van der Waals surface area contributed by atoms with E-state index in [2.05, 4.69) is 191 Å². The highest BCUT2D eigenvalue weighted by molar-refractivity contribution is 5.71. The molecule has 0 bridgehead atoms. The Labute approximate surface area is 497 Å². The SMILES string of the molecule is CC/C=C\C/C=C\C/C=C\C/C=C\C/C=C\C/C=C\C/C=C\CCCC(=O)OC(COC(=O)CC/C=C\C/C=C\C/C=C\C/C=C\CC)COC(=O)CCCCCCCCCCCCCCCC/C=C\C/C=C\C/C=C\C/C=C\CC. The highest BCUT2D eigenvalue weighted by Gasteiger charge is 2.19. The summed E-state index contributed by atoms with van der Waals surface area (Å²) in [6.07, 6.45) is 101. The molecule has 452 valence electrons. The summed E-state index contributed by atoms with van der Waals surface area (Å²) in [6.45, 7) is 6.18. The molecule has 0 aliphatic heterocycles. The first-order valence-corrected chi connectivity index (χ1v) is 32.3. The number of hydrogen-bond acceptors (Lipinski definition) is 6. The zero-order valence-corrected chi connectivity index (χ0v) is 51.7. The Kier molecular flexibility index (Phi) is 62.5. The molecule has 0 radical (unpaired) electrons. The molecule has 0 aliphatic carbocycles. The summed E-state index contributed by atoms with van der Waals surface area (Å²) >= 11 is 0. The summed E-state index contributed by atoms with van der Waals surface area (Å²) in [6, 6.07) is 0. The van der Waals surface area contributed by atoms with E-state index in [1.165, 1.54) is 77.0 Å². The van der Waals surface area contributed by atoms with Gasteiger partial charge >= 0.3 is 17.9 Å². The minimum Gasteiger partial charge on any atom is -0.462 e. The first-order chi connectivity index (χ1) is 40.0. The number of allylic oxidation sites excluding steroid dienone is 30. The average Bonchev–Trinajstić information content (AvgIpc) is 3.46. The van der Waals surface area contributed by atoms with Gasteiger partial charge in [0.05, 0.1) is 0 Å². The predicted octanol–water partition coefficient (Wildman–Crippen LogP) is 22.4. The molecule has 1 unspecified atom stereocenters. The number of esters is 3. The summed E-state index contributed by atoms with van der Waals surface area (Å²) in [5.74, 6) is -1.08. The van der Waals surface area contributed by atoms with Gasteiger partial charge in [-0.25, -0.2) is 0 Å². The van der Waals surface area contributed by atoms with Gasteiger partial charge in [-0.2, -0.15) is 0 Å². The second kappa shape index (κ2) is 67.0. The smallest absolute Gasteiger partial charge is 0.306 e. The van der Waals surface area contributed by atoms with Crippen molar-refractivity contribution in [3.8, 4) is 0 Å². The third-order valence-electron chi connectivity index (χ3n) is 12.9. The Hall–Kier alpha value is -5.49. The third-order valence-corrected chi connectivity index (χ3v) is 12.9. The van der Waals surface area contributed by atoms with Gasteiger partial charge in [0.2, 0.25) is 0 Å². The molecule has 0 rings (SSSR count). The van der Waals surface area contributed by atoms with Crippen molar-refractivity contribution in [2.24, 2.45) is 0 Å². The monoisotopic (exact) mass is 1110 g/mol. The molecule has 6 heteroatoms. The standard InChI is InChI=1S/C75H116O6/c1-4-7-10-13-16-19-22-25-27-29-31-33-35-36-37-38-40-41-43-45-47-50-53-56-59-62-65-68-74(77)80-71-72(70-79-73(76)67-64-61-58-55-52-49-24-21-18-15-12-9-6-3)81-75(78)69-66-63-60-57-54-51-48-46-44-42-39-34-32-30-28-26-23-20-17-14-11-8-5-2/h7-12,16-21,25-28,31-34,42,44,48-49,51-52,57-58,60-61,72H,4-6,13-15,22-24,29-30,35-41,43,45-47,50,53-56,59,62-71H2,1-3H3/b10-7-,11-8-,12-9-,19-16-,20-17-,21-18-,27-25-,28-26-,33-31-,34-32-,44-42-,51-48-,52-49-,60-57-,61-58-. The van der Waals surface area contributed by atoms with Crippen LogP contribution in [0.25, 0.3) is 0 Å². The quantitative estimate of drug-likeness (QED) is 0.0261. The Balaban J connectivity index is 4.46. The van der Waals surface area contributed by atoms with Gasteiger partial charge in [-0.3, -0.25) is 14.4 Å². The summed E-state index contributed by atoms with van der Waals surface area (Å²) in [5, 5.41) is 0. The third kappa shape index (κ3) is 65.2. The van der Waals surface area contributed by atoms with Gasteiger partial charge in [0.15, 0.2) is 6.10 Å². The summed E-state index contributed by atoms with van der Waals surface area (Å²) in [4.78, 5) is 38.3. The molecule has 0 aromatic rings. The molecule has 6 nitrogen and oxygen atoms in total. The van der Waals surface area contributed by atoms with Gasteiger partial charge < -0.3 is 14.2 Å². The lowest BCUT2D eigenvalue weighted by molar-refractivity contribution is -0.166. The van der Waals surface area contributed by atoms with Crippen molar-refractivity contribution in [1.82, 2.24) is 0 Å². The Bertz CT molecular complexity index is 1900. The molecule has 0 fully saturated rings. The van der Waals surface area contributed by atoms with Crippen LogP contribution in [0.5, 0.6) is 0 Å². The highest BCUT2D eigenvalue weighted by atomic mass is 16.6. The van der Waals surface area contributed by atoms with Crippen LogP contribution in [-0.2, 0) is 28.6 Å². The van der Waals surface area contributed by atoms with Crippen LogP contribution in [-0.4, -0.2) is 37.2 Å². The van der Waals surface area contributed by atoms with E-state index in [0.29, 0.717) is 19.3 Å². The number of rotatable bonds is 56. The Morgan fingerprint density at radius 3 is 0.802 bits per heavy atom. The van der Waals surface area contributed by atoms with Crippen molar-refractivity contribution in [2.75, 3.05) is 13.2 Å². The minimum atomic E-state index is -0.849. The van der Waals surface area contributed by atoms with Gasteiger partial charge in [-0.05, 0) is 135 Å². The van der Waals surface area contributed by atoms with Crippen LogP contribution in [0.1, 0.15) is 252 Å². The van der Waals surface area contributed by atoms with Crippen LogP contribution in [0, 0.1) is 0 Å². The maximum Gasteiger partial charge on any atom is 0.306 e. The molecule has 0 aromatic heterocycles. The summed E-state index contributed by atoms with van der Waals surface area (Å²) < 4.78 is 16.8. The minimum absolute atomic E-state index is 0.132. The molecule has 81 heavy (non-hydrogen) atoms. The van der Waals surface area contributed by atoms with Crippen molar-refractivity contribution in [1.29, 1.82) is 0 Å². The van der Waals surface area contributed by atoms with E-state index in [1.807, 2.05) is 12.2 Å². The second-order valence-electron chi connectivity index (χ2n) is 20.5. The van der Waals surface area contributed by atoms with Crippen LogP contribution in [0.2, 0.25) is 0 Å². The molecule has 0 heterocycles. The molecule has 0 saturated heterocycles. The molecular weight excluding hydrogens is 997 g/mol. The van der Waals surface area contributed by atoms with Crippen molar-refractivity contribution in [3.05, 3.63) is 182 Å². The molecule has 1 atom stereocenters. The largest absolute Gasteiger partial charge is 0.462 e. The fourth-order valence-electron chi connectivity index (χ4n) is 8.20. The number of hydrogen-bond donors (Lipinski definition) is 0. The topological polar surface area (TPSA) is 78.9 Å². The predicted molar refractivity (Wildman–Crippen MR) is 352 cm³/mol. The Morgan fingerprint density at radius 1 is 0.247 bits per heavy atom. The van der Waals surface area contributed by atoms with Gasteiger partial charge in [-0.15, -0.1) is 0 Å². The van der Waals surface area contributed by atoms with E-state index < -0.39 is 12.1 Å². The zero-order chi connectivity index (χ0) is 58.5. The first kappa shape index (κ1) is 75.5. The number of carbonyl (C=O) groups is 3. The van der Waals surface area contributed by atoms with E-state index in [-0.39, 0.29) is 38.0 Å². The van der Waals surface area contributed by atoms with E-state index in [9.17, 15) is 14.4 Å². The van der Waals surface area contributed by atoms with Crippen molar-refractivity contribution < 1.29 is 28.6 Å². The van der Waals surface area contributed by atoms with Crippen LogP contribution in [0.4, 0.5) is 0 Å². The molecule has 0 spiro atoms. The Morgan fingerprint density at radius 2 is 0.481 bits per heavy atom. The van der Waals surface area contributed by atoms with Gasteiger partial charge in [0.1, 0.15) is 13.2 Å². The molecule has 0 saturated carbocycles. The van der Waals surface area contributed by atoms with Gasteiger partial charge in [0.25, 0.3) is 0 Å². The maximum atomic E-state index is 12.9. The average molecular weight is 1110 g/mol. The number of carbonyl (C=O) groups excluding carboxylic acids is 3. The van der Waals surface area contributed by atoms with E-state index >= 15 is 0 Å². The van der Waals surface area contributed by atoms with Crippen LogP contribution >= 0.6 is 0 Å². The molecule has 0 amide bonds. The lowest BCUT2D eigenvalue weighted by Gasteiger charge is -2.18. The molecule has 0 aromatic carbocycles. The maximum absolute atomic E-state index is 12.9. The van der Waals surface area contributed by atoms with E-state index in [0.717, 1.165) is 122 Å². The molecule has 0 aliphatic rings. The van der Waals surface area contributed by atoms with Crippen LogP contribution in [0.3, 0.4) is 0 Å². The number of ether oxygens (including phenoxy) is 3.